The van der Waals surface area contributed by atoms with Crippen molar-refractivity contribution in [3.8, 4) is 0 Å². The lowest BCUT2D eigenvalue weighted by atomic mass is 10.1. The van der Waals surface area contributed by atoms with Gasteiger partial charge in [-0.05, 0) is 37.1 Å². The lowest BCUT2D eigenvalue weighted by molar-refractivity contribution is -0.117. The molecule has 2 amide bonds. The zero-order chi connectivity index (χ0) is 17.3. The van der Waals surface area contributed by atoms with Crippen molar-refractivity contribution < 1.29 is 9.59 Å². The summed E-state index contributed by atoms with van der Waals surface area (Å²) in [4.78, 5) is 25.7. The molecule has 1 aromatic carbocycles. The molecule has 0 aliphatic carbocycles. The molecular formula is C17H20N4O2S. The van der Waals surface area contributed by atoms with E-state index in [1.807, 2.05) is 30.9 Å². The lowest BCUT2D eigenvalue weighted by Gasteiger charge is -2.17. The largest absolute Gasteiger partial charge is 0.312 e. The summed E-state index contributed by atoms with van der Waals surface area (Å²) in [6.07, 6.45) is 0.820. The average Bonchev–Trinajstić information content (AvgIpc) is 3.12. The van der Waals surface area contributed by atoms with E-state index in [4.69, 9.17) is 0 Å². The van der Waals surface area contributed by atoms with Crippen molar-refractivity contribution in [2.24, 2.45) is 0 Å². The quantitative estimate of drug-likeness (QED) is 0.925. The SMILES string of the molecule is CCC(=O)Nc1nnc(C2CC(=O)N(c3cc(C)cc(C)c3)C2)s1. The van der Waals surface area contributed by atoms with E-state index in [9.17, 15) is 9.59 Å². The second-order valence-corrected chi connectivity index (χ2v) is 7.11. The summed E-state index contributed by atoms with van der Waals surface area (Å²) in [5, 5.41) is 12.2. The minimum absolute atomic E-state index is 0.0168. The molecule has 0 radical (unpaired) electrons. The zero-order valence-electron chi connectivity index (χ0n) is 14.0. The van der Waals surface area contributed by atoms with Gasteiger partial charge in [-0.1, -0.05) is 24.3 Å². The third kappa shape index (κ3) is 3.46. The van der Waals surface area contributed by atoms with Gasteiger partial charge >= 0.3 is 0 Å². The first-order valence-electron chi connectivity index (χ1n) is 7.98. The molecule has 24 heavy (non-hydrogen) atoms. The van der Waals surface area contributed by atoms with Crippen molar-refractivity contribution in [2.75, 3.05) is 16.8 Å². The number of amides is 2. The fraction of sp³-hybridized carbons (Fsp3) is 0.412. The number of rotatable bonds is 4. The molecule has 1 aromatic heterocycles. The number of aryl methyl sites for hydroxylation is 2. The number of nitrogens with one attached hydrogen (secondary N) is 1. The first-order chi connectivity index (χ1) is 11.5. The highest BCUT2D eigenvalue weighted by Gasteiger charge is 2.34. The number of nitrogens with zero attached hydrogens (tertiary/aromatic N) is 3. The summed E-state index contributed by atoms with van der Waals surface area (Å²) < 4.78 is 0. The maximum Gasteiger partial charge on any atom is 0.227 e. The molecule has 2 heterocycles. The molecular weight excluding hydrogens is 324 g/mol. The number of carbonyl (C=O) groups excluding carboxylic acids is 2. The van der Waals surface area contributed by atoms with Crippen LogP contribution in [0.5, 0.6) is 0 Å². The van der Waals surface area contributed by atoms with E-state index >= 15 is 0 Å². The molecule has 0 bridgehead atoms. The molecule has 1 aliphatic heterocycles. The first kappa shape index (κ1) is 16.6. The van der Waals surface area contributed by atoms with E-state index in [1.54, 1.807) is 6.92 Å². The Labute approximate surface area is 144 Å². The average molecular weight is 344 g/mol. The number of hydrogen-bond donors (Lipinski definition) is 1. The predicted molar refractivity (Wildman–Crippen MR) is 94.5 cm³/mol. The Bertz CT molecular complexity index is 766. The normalized spacial score (nSPS) is 17.4. The van der Waals surface area contributed by atoms with Crippen LogP contribution in [-0.2, 0) is 9.59 Å². The highest BCUT2D eigenvalue weighted by atomic mass is 32.1. The molecule has 1 unspecified atom stereocenters. The maximum absolute atomic E-state index is 12.4. The Hall–Kier alpha value is -2.28. The summed E-state index contributed by atoms with van der Waals surface area (Å²) in [6.45, 7) is 6.44. The fourth-order valence-electron chi connectivity index (χ4n) is 2.89. The van der Waals surface area contributed by atoms with Crippen LogP contribution in [0.3, 0.4) is 0 Å². The molecule has 0 saturated carbocycles. The van der Waals surface area contributed by atoms with Crippen molar-refractivity contribution in [1.82, 2.24) is 10.2 Å². The molecule has 7 heteroatoms. The Kier molecular flexibility index (Phi) is 4.62. The third-order valence-corrected chi connectivity index (χ3v) is 5.00. The van der Waals surface area contributed by atoms with Crippen LogP contribution in [0.2, 0.25) is 0 Å². The minimum atomic E-state index is -0.0861. The van der Waals surface area contributed by atoms with Crippen LogP contribution in [0.25, 0.3) is 0 Å². The number of anilines is 2. The van der Waals surface area contributed by atoms with E-state index in [2.05, 4.69) is 21.6 Å². The smallest absolute Gasteiger partial charge is 0.227 e. The van der Waals surface area contributed by atoms with E-state index in [1.165, 1.54) is 11.3 Å². The molecule has 1 atom stereocenters. The van der Waals surface area contributed by atoms with Crippen molar-refractivity contribution >= 4 is 34.0 Å². The zero-order valence-corrected chi connectivity index (χ0v) is 14.8. The predicted octanol–water partition coefficient (Wildman–Crippen LogP) is 3.02. The minimum Gasteiger partial charge on any atom is -0.312 e. The topological polar surface area (TPSA) is 75.2 Å². The molecule has 3 rings (SSSR count). The summed E-state index contributed by atoms with van der Waals surface area (Å²) in [5.74, 6) is 0.0273. The monoisotopic (exact) mass is 344 g/mol. The molecule has 1 aliphatic rings. The highest BCUT2D eigenvalue weighted by Crippen LogP contribution is 2.34. The van der Waals surface area contributed by atoms with E-state index in [0.29, 0.717) is 24.5 Å². The van der Waals surface area contributed by atoms with Crippen molar-refractivity contribution in [3.05, 3.63) is 34.3 Å². The van der Waals surface area contributed by atoms with Gasteiger partial charge in [0.25, 0.3) is 0 Å². The standard InChI is InChI=1S/C17H20N4O2S/c1-4-14(22)18-17-20-19-16(24-17)12-8-15(23)21(9-12)13-6-10(2)5-11(3)7-13/h5-7,12H,4,8-9H2,1-3H3,(H,18,20,22). The van der Waals surface area contributed by atoms with Gasteiger partial charge < -0.3 is 10.2 Å². The third-order valence-electron chi connectivity index (χ3n) is 4.00. The van der Waals surface area contributed by atoms with Gasteiger partial charge in [0.05, 0.1) is 0 Å². The van der Waals surface area contributed by atoms with Crippen LogP contribution in [-0.4, -0.2) is 28.6 Å². The van der Waals surface area contributed by atoms with Gasteiger partial charge in [0, 0.05) is 31.0 Å². The summed E-state index contributed by atoms with van der Waals surface area (Å²) in [5.41, 5.74) is 3.22. The number of benzene rings is 1. The second-order valence-electron chi connectivity index (χ2n) is 6.10. The van der Waals surface area contributed by atoms with Gasteiger partial charge in [-0.3, -0.25) is 9.59 Å². The molecule has 1 fully saturated rings. The fourth-order valence-corrected chi connectivity index (χ4v) is 3.74. The van der Waals surface area contributed by atoms with E-state index in [0.717, 1.165) is 21.8 Å². The Morgan fingerprint density at radius 2 is 2.00 bits per heavy atom. The number of aromatic nitrogens is 2. The van der Waals surface area contributed by atoms with Crippen molar-refractivity contribution in [1.29, 1.82) is 0 Å². The molecule has 1 N–H and O–H groups in total. The van der Waals surface area contributed by atoms with Crippen LogP contribution in [0, 0.1) is 13.8 Å². The van der Waals surface area contributed by atoms with E-state index < -0.39 is 0 Å². The Balaban J connectivity index is 1.76. The lowest BCUT2D eigenvalue weighted by Crippen LogP contribution is -2.24. The van der Waals surface area contributed by atoms with Gasteiger partial charge in [0.2, 0.25) is 16.9 Å². The van der Waals surface area contributed by atoms with Crippen LogP contribution < -0.4 is 10.2 Å². The van der Waals surface area contributed by atoms with Crippen LogP contribution >= 0.6 is 11.3 Å². The Morgan fingerprint density at radius 3 is 2.67 bits per heavy atom. The highest BCUT2D eigenvalue weighted by molar-refractivity contribution is 7.15. The first-order valence-corrected chi connectivity index (χ1v) is 8.80. The van der Waals surface area contributed by atoms with Crippen LogP contribution in [0.15, 0.2) is 18.2 Å². The number of hydrogen-bond acceptors (Lipinski definition) is 5. The Morgan fingerprint density at radius 1 is 1.29 bits per heavy atom. The number of carbonyl (C=O) groups is 2. The van der Waals surface area contributed by atoms with Gasteiger partial charge in [-0.15, -0.1) is 10.2 Å². The molecule has 126 valence electrons. The van der Waals surface area contributed by atoms with Gasteiger partial charge in [0.1, 0.15) is 5.01 Å². The maximum atomic E-state index is 12.4. The van der Waals surface area contributed by atoms with Crippen LogP contribution in [0.1, 0.15) is 41.8 Å². The van der Waals surface area contributed by atoms with Crippen molar-refractivity contribution in [3.63, 3.8) is 0 Å². The van der Waals surface area contributed by atoms with Gasteiger partial charge in [-0.2, -0.15) is 0 Å². The molecule has 1 saturated heterocycles. The summed E-state index contributed by atoms with van der Waals surface area (Å²) in [7, 11) is 0. The molecule has 0 spiro atoms. The molecule has 2 aromatic rings. The summed E-state index contributed by atoms with van der Waals surface area (Å²) >= 11 is 1.35. The van der Waals surface area contributed by atoms with Crippen LogP contribution in [0.4, 0.5) is 10.8 Å². The summed E-state index contributed by atoms with van der Waals surface area (Å²) in [6, 6.07) is 6.15. The van der Waals surface area contributed by atoms with Gasteiger partial charge in [0.15, 0.2) is 0 Å². The second kappa shape index (κ2) is 6.68. The van der Waals surface area contributed by atoms with Crippen molar-refractivity contribution in [2.45, 2.75) is 39.5 Å². The van der Waals surface area contributed by atoms with E-state index in [-0.39, 0.29) is 17.7 Å². The molecule has 6 nitrogen and oxygen atoms in total. The van der Waals surface area contributed by atoms with Gasteiger partial charge in [-0.25, -0.2) is 0 Å².